The molecule has 8 heteroatoms. The number of likely N-dealkylation sites (N-methyl/N-ethyl adjacent to an activating group) is 1. The minimum atomic E-state index is -0.487. The van der Waals surface area contributed by atoms with Gasteiger partial charge in [0.15, 0.2) is 0 Å². The zero-order valence-corrected chi connectivity index (χ0v) is 16.4. The number of anilines is 1. The average molecular weight is 400 g/mol. The number of carbonyl (C=O) groups is 3. The van der Waals surface area contributed by atoms with Crippen molar-refractivity contribution < 1.29 is 14.4 Å². The summed E-state index contributed by atoms with van der Waals surface area (Å²) in [6, 6.07) is 4.28. The Kier molecular flexibility index (Phi) is 7.29. The minimum absolute atomic E-state index is 0.0308. The molecule has 0 radical (unpaired) electrons. The van der Waals surface area contributed by atoms with Crippen molar-refractivity contribution in [2.45, 2.75) is 38.6 Å². The fraction of sp³-hybridized carbons (Fsp3) is 0.500. The van der Waals surface area contributed by atoms with Crippen LogP contribution in [0.3, 0.4) is 0 Å². The molecular formula is C18H23Cl2N3O3. The van der Waals surface area contributed by atoms with E-state index in [1.807, 2.05) is 0 Å². The Bertz CT molecular complexity index is 696. The van der Waals surface area contributed by atoms with Crippen molar-refractivity contribution in [1.29, 1.82) is 0 Å². The lowest BCUT2D eigenvalue weighted by molar-refractivity contribution is -0.147. The number of hydrogen-bond acceptors (Lipinski definition) is 3. The number of carbonyl (C=O) groups excluding carboxylic acids is 3. The van der Waals surface area contributed by atoms with Crippen LogP contribution in [0.4, 0.5) is 5.69 Å². The molecule has 0 aliphatic carbocycles. The van der Waals surface area contributed by atoms with Crippen LogP contribution >= 0.6 is 23.2 Å². The summed E-state index contributed by atoms with van der Waals surface area (Å²) in [4.78, 5) is 40.0. The van der Waals surface area contributed by atoms with Crippen LogP contribution in [0.1, 0.15) is 32.6 Å². The number of rotatable bonds is 5. The number of amides is 3. The third kappa shape index (κ3) is 5.11. The molecule has 1 aromatic carbocycles. The Hall–Kier alpha value is -1.79. The lowest BCUT2D eigenvalue weighted by Crippen LogP contribution is -2.53. The van der Waals surface area contributed by atoms with E-state index in [-0.39, 0.29) is 24.3 Å². The summed E-state index contributed by atoms with van der Waals surface area (Å²) < 4.78 is 0. The molecule has 1 N–H and O–H groups in total. The molecule has 3 amide bonds. The zero-order chi connectivity index (χ0) is 19.3. The lowest BCUT2D eigenvalue weighted by Gasteiger charge is -2.36. The normalized spacial score (nSPS) is 16.9. The predicted octanol–water partition coefficient (Wildman–Crippen LogP) is 3.18. The van der Waals surface area contributed by atoms with Crippen LogP contribution in [0.5, 0.6) is 0 Å². The van der Waals surface area contributed by atoms with Crippen molar-refractivity contribution in [3.63, 3.8) is 0 Å². The lowest BCUT2D eigenvalue weighted by atomic mass is 10.0. The van der Waals surface area contributed by atoms with E-state index < -0.39 is 6.04 Å². The predicted molar refractivity (Wildman–Crippen MR) is 102 cm³/mol. The van der Waals surface area contributed by atoms with Gasteiger partial charge in [0.2, 0.25) is 17.7 Å². The molecule has 6 nitrogen and oxygen atoms in total. The Morgan fingerprint density at radius 3 is 2.62 bits per heavy atom. The summed E-state index contributed by atoms with van der Waals surface area (Å²) in [5, 5.41) is 3.42. The second-order valence-corrected chi connectivity index (χ2v) is 7.14. The van der Waals surface area contributed by atoms with Crippen molar-refractivity contribution in [1.82, 2.24) is 9.80 Å². The molecule has 1 aromatic rings. The van der Waals surface area contributed by atoms with Gasteiger partial charge in [-0.2, -0.15) is 0 Å². The standard InChI is InChI=1S/C18H23Cl2N3O3/c1-3-17(25)23-9-5-4-6-15(23)18(26)22(2)11-16(24)21-12-7-8-13(19)14(20)10-12/h7-8,10,15H,3-6,9,11H2,1-2H3,(H,21,24). The first kappa shape index (κ1) is 20.5. The largest absolute Gasteiger partial charge is 0.335 e. The van der Waals surface area contributed by atoms with Crippen LogP contribution in [0, 0.1) is 0 Å². The fourth-order valence-corrected chi connectivity index (χ4v) is 3.31. The molecule has 1 aliphatic heterocycles. The first-order chi connectivity index (χ1) is 12.3. The van der Waals surface area contributed by atoms with Crippen LogP contribution in [0.15, 0.2) is 18.2 Å². The number of benzene rings is 1. The van der Waals surface area contributed by atoms with Crippen molar-refractivity contribution in [3.05, 3.63) is 28.2 Å². The van der Waals surface area contributed by atoms with Gasteiger partial charge in [-0.1, -0.05) is 30.1 Å². The summed E-state index contributed by atoms with van der Waals surface area (Å²) in [5.41, 5.74) is 0.505. The molecule has 142 valence electrons. The van der Waals surface area contributed by atoms with Crippen LogP contribution in [-0.4, -0.2) is 53.7 Å². The first-order valence-electron chi connectivity index (χ1n) is 8.62. The second-order valence-electron chi connectivity index (χ2n) is 6.32. The third-order valence-electron chi connectivity index (χ3n) is 4.37. The van der Waals surface area contributed by atoms with Gasteiger partial charge >= 0.3 is 0 Å². The van der Waals surface area contributed by atoms with Crippen molar-refractivity contribution in [3.8, 4) is 0 Å². The molecule has 0 aromatic heterocycles. The van der Waals surface area contributed by atoms with Crippen LogP contribution in [0.2, 0.25) is 10.0 Å². The minimum Gasteiger partial charge on any atom is -0.335 e. The highest BCUT2D eigenvalue weighted by Gasteiger charge is 2.33. The quantitative estimate of drug-likeness (QED) is 0.826. The SMILES string of the molecule is CCC(=O)N1CCCCC1C(=O)N(C)CC(=O)Nc1ccc(Cl)c(Cl)c1. The topological polar surface area (TPSA) is 69.7 Å². The first-order valence-corrected chi connectivity index (χ1v) is 9.38. The van der Waals surface area contributed by atoms with E-state index in [4.69, 9.17) is 23.2 Å². The summed E-state index contributed by atoms with van der Waals surface area (Å²) in [5.74, 6) is -0.587. The van der Waals surface area contributed by atoms with E-state index in [1.165, 1.54) is 4.90 Å². The molecule has 1 saturated heterocycles. The molecule has 2 rings (SSSR count). The summed E-state index contributed by atoms with van der Waals surface area (Å²) in [7, 11) is 1.57. The van der Waals surface area contributed by atoms with Crippen molar-refractivity contribution in [2.24, 2.45) is 0 Å². The van der Waals surface area contributed by atoms with Gasteiger partial charge in [-0.15, -0.1) is 0 Å². The smallest absolute Gasteiger partial charge is 0.245 e. The maximum atomic E-state index is 12.7. The van der Waals surface area contributed by atoms with Gasteiger partial charge in [-0.25, -0.2) is 0 Å². The number of likely N-dealkylation sites (tertiary alicyclic amines) is 1. The van der Waals surface area contributed by atoms with Gasteiger partial charge in [-0.3, -0.25) is 14.4 Å². The Morgan fingerprint density at radius 2 is 1.96 bits per heavy atom. The number of piperidine rings is 1. The molecule has 1 heterocycles. The highest BCUT2D eigenvalue weighted by atomic mass is 35.5. The van der Waals surface area contributed by atoms with E-state index in [1.54, 1.807) is 37.1 Å². The summed E-state index contributed by atoms with van der Waals surface area (Å²) >= 11 is 11.8. The van der Waals surface area contributed by atoms with E-state index in [0.717, 1.165) is 12.8 Å². The van der Waals surface area contributed by atoms with E-state index in [9.17, 15) is 14.4 Å². The maximum absolute atomic E-state index is 12.7. The van der Waals surface area contributed by atoms with Gasteiger partial charge in [0.25, 0.3) is 0 Å². The zero-order valence-electron chi connectivity index (χ0n) is 14.9. The molecule has 0 saturated carbocycles. The highest BCUT2D eigenvalue weighted by Crippen LogP contribution is 2.25. The number of nitrogens with one attached hydrogen (secondary N) is 1. The molecular weight excluding hydrogens is 377 g/mol. The maximum Gasteiger partial charge on any atom is 0.245 e. The Balaban J connectivity index is 1.97. The van der Waals surface area contributed by atoms with Crippen molar-refractivity contribution >= 4 is 46.6 Å². The third-order valence-corrected chi connectivity index (χ3v) is 5.11. The molecule has 1 atom stereocenters. The van der Waals surface area contributed by atoms with Gasteiger partial charge in [0.1, 0.15) is 6.04 Å². The van der Waals surface area contributed by atoms with Gasteiger partial charge in [-0.05, 0) is 37.5 Å². The molecule has 1 unspecified atom stereocenters. The number of nitrogens with zero attached hydrogens (tertiary/aromatic N) is 2. The molecule has 0 bridgehead atoms. The van der Waals surface area contributed by atoms with Crippen molar-refractivity contribution in [2.75, 3.05) is 25.5 Å². The molecule has 1 aliphatic rings. The second kappa shape index (κ2) is 9.24. The molecule has 0 spiro atoms. The van der Waals surface area contributed by atoms with E-state index in [0.29, 0.717) is 35.1 Å². The number of hydrogen-bond donors (Lipinski definition) is 1. The van der Waals surface area contributed by atoms with Crippen LogP contribution in [0.25, 0.3) is 0 Å². The Labute approximate surface area is 163 Å². The molecule has 26 heavy (non-hydrogen) atoms. The summed E-state index contributed by atoms with van der Waals surface area (Å²) in [6.45, 7) is 2.27. The molecule has 1 fully saturated rings. The van der Waals surface area contributed by atoms with Crippen LogP contribution < -0.4 is 5.32 Å². The van der Waals surface area contributed by atoms with E-state index >= 15 is 0 Å². The van der Waals surface area contributed by atoms with Gasteiger partial charge < -0.3 is 15.1 Å². The monoisotopic (exact) mass is 399 g/mol. The summed E-state index contributed by atoms with van der Waals surface area (Å²) in [6.07, 6.45) is 2.79. The fourth-order valence-electron chi connectivity index (χ4n) is 3.01. The van der Waals surface area contributed by atoms with Gasteiger partial charge in [0.05, 0.1) is 16.6 Å². The van der Waals surface area contributed by atoms with E-state index in [2.05, 4.69) is 5.32 Å². The average Bonchev–Trinajstić information content (AvgIpc) is 2.63. The van der Waals surface area contributed by atoms with Crippen LogP contribution in [-0.2, 0) is 14.4 Å². The number of halogens is 2. The van der Waals surface area contributed by atoms with Gasteiger partial charge in [0, 0.05) is 25.7 Å². The Morgan fingerprint density at radius 1 is 1.23 bits per heavy atom. The highest BCUT2D eigenvalue weighted by molar-refractivity contribution is 6.42.